The van der Waals surface area contributed by atoms with E-state index < -0.39 is 12.9 Å². The van der Waals surface area contributed by atoms with Gasteiger partial charge in [0.05, 0.1) is 19.8 Å². The van der Waals surface area contributed by atoms with Gasteiger partial charge in [0, 0.05) is 20.3 Å². The summed E-state index contributed by atoms with van der Waals surface area (Å²) in [6.45, 7) is 2.27. The summed E-state index contributed by atoms with van der Waals surface area (Å²) >= 11 is 0. The van der Waals surface area contributed by atoms with Gasteiger partial charge in [0.2, 0.25) is 0 Å². The van der Waals surface area contributed by atoms with E-state index in [1.54, 1.807) is 7.11 Å². The average molecular weight is 286 g/mol. The van der Waals surface area contributed by atoms with Gasteiger partial charge in [-0.15, -0.1) is 0 Å². The Kier molecular flexibility index (Phi) is 8.40. The molecule has 0 radical (unpaired) electrons. The molecule has 0 saturated heterocycles. The van der Waals surface area contributed by atoms with Crippen molar-refractivity contribution in [2.75, 3.05) is 33.5 Å². The molecule has 0 unspecified atom stereocenters. The first-order chi connectivity index (χ1) is 9.65. The Bertz CT molecular complexity index is 389. The van der Waals surface area contributed by atoms with Gasteiger partial charge in [-0.3, -0.25) is 0 Å². The van der Waals surface area contributed by atoms with Crippen molar-refractivity contribution in [2.45, 2.75) is 13.0 Å². The zero-order chi connectivity index (χ0) is 14.8. The third-order valence-corrected chi connectivity index (χ3v) is 2.65. The first kappa shape index (κ1) is 17.1. The molecule has 20 heavy (non-hydrogen) atoms. The fourth-order valence-electron chi connectivity index (χ4n) is 1.64. The molecule has 0 saturated carbocycles. The van der Waals surface area contributed by atoms with Crippen molar-refractivity contribution in [1.82, 2.24) is 0 Å². The summed E-state index contributed by atoms with van der Waals surface area (Å²) < 4.78 is 28.6. The molecule has 0 fully saturated rings. The molecule has 2 N–H and O–H groups in total. The number of hydrogen-bond acceptors (Lipinski definition) is 5. The zero-order valence-electron chi connectivity index (χ0n) is 11.5. The predicted octanol–water partition coefficient (Wildman–Crippen LogP) is 0.0752. The van der Waals surface area contributed by atoms with Crippen LogP contribution < -0.4 is 5.46 Å². The third-order valence-electron chi connectivity index (χ3n) is 2.65. The third kappa shape index (κ3) is 6.45. The lowest BCUT2D eigenvalue weighted by Crippen LogP contribution is -2.33. The van der Waals surface area contributed by atoms with E-state index in [9.17, 15) is 4.39 Å². The molecule has 0 amide bonds. The highest BCUT2D eigenvalue weighted by molar-refractivity contribution is 6.59. The van der Waals surface area contributed by atoms with Crippen molar-refractivity contribution in [2.24, 2.45) is 0 Å². The van der Waals surface area contributed by atoms with Gasteiger partial charge in [-0.05, 0) is 29.6 Å². The lowest BCUT2D eigenvalue weighted by molar-refractivity contribution is 0.0338. The topological polar surface area (TPSA) is 68.2 Å². The van der Waals surface area contributed by atoms with Crippen LogP contribution in [-0.2, 0) is 20.8 Å². The molecule has 0 spiro atoms. The van der Waals surface area contributed by atoms with Crippen LogP contribution in [0.1, 0.15) is 12.0 Å². The van der Waals surface area contributed by atoms with Crippen molar-refractivity contribution in [3.05, 3.63) is 29.6 Å². The minimum atomic E-state index is -1.71. The molecule has 0 aliphatic carbocycles. The quantitative estimate of drug-likeness (QED) is 0.471. The van der Waals surface area contributed by atoms with Gasteiger partial charge in [0.1, 0.15) is 5.82 Å². The molecule has 5 nitrogen and oxygen atoms in total. The van der Waals surface area contributed by atoms with Crippen molar-refractivity contribution in [1.29, 1.82) is 0 Å². The molecule has 0 aliphatic heterocycles. The van der Waals surface area contributed by atoms with Crippen LogP contribution in [0.2, 0.25) is 0 Å². The largest absolute Gasteiger partial charge is 0.488 e. The average Bonchev–Trinajstić information content (AvgIpc) is 2.43. The number of benzene rings is 1. The number of halogens is 1. The SMILES string of the molecule is COCCCOCCOCc1ccc(F)cc1B(O)O. The van der Waals surface area contributed by atoms with Crippen molar-refractivity contribution in [3.63, 3.8) is 0 Å². The lowest BCUT2D eigenvalue weighted by Gasteiger charge is -2.10. The normalized spacial score (nSPS) is 10.8. The van der Waals surface area contributed by atoms with E-state index in [0.29, 0.717) is 32.0 Å². The van der Waals surface area contributed by atoms with Crippen molar-refractivity contribution in [3.8, 4) is 0 Å². The predicted molar refractivity (Wildman–Crippen MR) is 73.2 cm³/mol. The fraction of sp³-hybridized carbons (Fsp3) is 0.538. The standard InChI is InChI=1S/C13H20BFO5/c1-18-5-2-6-19-7-8-20-10-11-3-4-12(15)9-13(11)14(16)17/h3-4,9,16-17H,2,5-8,10H2,1H3. The van der Waals surface area contributed by atoms with E-state index in [-0.39, 0.29) is 12.1 Å². The van der Waals surface area contributed by atoms with E-state index in [4.69, 9.17) is 24.3 Å². The van der Waals surface area contributed by atoms with Gasteiger partial charge >= 0.3 is 7.12 Å². The van der Waals surface area contributed by atoms with E-state index in [2.05, 4.69) is 0 Å². The second-order valence-corrected chi connectivity index (χ2v) is 4.23. The van der Waals surface area contributed by atoms with E-state index in [1.165, 1.54) is 12.1 Å². The summed E-state index contributed by atoms with van der Waals surface area (Å²) in [6, 6.07) is 3.82. The van der Waals surface area contributed by atoms with E-state index in [0.717, 1.165) is 12.5 Å². The highest BCUT2D eigenvalue weighted by Crippen LogP contribution is 2.03. The number of hydrogen-bond donors (Lipinski definition) is 2. The lowest BCUT2D eigenvalue weighted by atomic mass is 9.77. The van der Waals surface area contributed by atoms with Crippen LogP contribution >= 0.6 is 0 Å². The Morgan fingerprint density at radius 1 is 1.10 bits per heavy atom. The molecular weight excluding hydrogens is 266 g/mol. The smallest absolute Gasteiger partial charge is 0.423 e. The molecule has 0 aliphatic rings. The summed E-state index contributed by atoms with van der Waals surface area (Å²) in [5, 5.41) is 18.3. The fourth-order valence-corrected chi connectivity index (χ4v) is 1.64. The van der Waals surface area contributed by atoms with Crippen LogP contribution in [0, 0.1) is 5.82 Å². The summed E-state index contributed by atoms with van der Waals surface area (Å²) in [5.41, 5.74) is 0.659. The van der Waals surface area contributed by atoms with Crippen LogP contribution in [0.15, 0.2) is 18.2 Å². The van der Waals surface area contributed by atoms with Gasteiger partial charge in [-0.2, -0.15) is 0 Å². The molecule has 112 valence electrons. The summed E-state index contributed by atoms with van der Waals surface area (Å²) in [4.78, 5) is 0. The minimum absolute atomic E-state index is 0.117. The highest BCUT2D eigenvalue weighted by atomic mass is 19.1. The Hall–Kier alpha value is -0.985. The maximum atomic E-state index is 13.0. The van der Waals surface area contributed by atoms with Gasteiger partial charge in [0.25, 0.3) is 0 Å². The number of rotatable bonds is 10. The Morgan fingerprint density at radius 2 is 1.85 bits per heavy atom. The molecule has 1 rings (SSSR count). The van der Waals surface area contributed by atoms with Crippen LogP contribution in [0.5, 0.6) is 0 Å². The Labute approximate surface area is 118 Å². The van der Waals surface area contributed by atoms with Crippen LogP contribution in [0.4, 0.5) is 4.39 Å². The number of methoxy groups -OCH3 is 1. The molecular formula is C13H20BFO5. The monoisotopic (exact) mass is 286 g/mol. The van der Waals surface area contributed by atoms with E-state index >= 15 is 0 Å². The van der Waals surface area contributed by atoms with Crippen LogP contribution in [0.3, 0.4) is 0 Å². The molecule has 1 aromatic carbocycles. The van der Waals surface area contributed by atoms with Crippen molar-refractivity contribution >= 4 is 12.6 Å². The minimum Gasteiger partial charge on any atom is -0.423 e. The molecule has 7 heteroatoms. The summed E-state index contributed by atoms with van der Waals surface area (Å²) in [7, 11) is -0.0755. The maximum absolute atomic E-state index is 13.0. The van der Waals surface area contributed by atoms with Gasteiger partial charge in [0.15, 0.2) is 0 Å². The molecule has 0 atom stereocenters. The van der Waals surface area contributed by atoms with Crippen LogP contribution in [0.25, 0.3) is 0 Å². The first-order valence-electron chi connectivity index (χ1n) is 6.44. The molecule has 0 heterocycles. The maximum Gasteiger partial charge on any atom is 0.488 e. The second kappa shape index (κ2) is 9.85. The molecule has 1 aromatic rings. The zero-order valence-corrected chi connectivity index (χ0v) is 11.5. The Balaban J connectivity index is 2.25. The first-order valence-corrected chi connectivity index (χ1v) is 6.44. The van der Waals surface area contributed by atoms with Gasteiger partial charge < -0.3 is 24.3 Å². The summed E-state index contributed by atoms with van der Waals surface area (Å²) in [6.07, 6.45) is 0.829. The molecule has 0 aromatic heterocycles. The van der Waals surface area contributed by atoms with Crippen LogP contribution in [-0.4, -0.2) is 50.7 Å². The Morgan fingerprint density at radius 3 is 2.55 bits per heavy atom. The van der Waals surface area contributed by atoms with Crippen molar-refractivity contribution < 1.29 is 28.6 Å². The van der Waals surface area contributed by atoms with Gasteiger partial charge in [-0.1, -0.05) is 6.07 Å². The van der Waals surface area contributed by atoms with Gasteiger partial charge in [-0.25, -0.2) is 4.39 Å². The number of ether oxygens (including phenoxy) is 3. The van der Waals surface area contributed by atoms with E-state index in [1.807, 2.05) is 0 Å². The molecule has 0 bridgehead atoms. The summed E-state index contributed by atoms with van der Waals surface area (Å²) in [5.74, 6) is -0.515. The highest BCUT2D eigenvalue weighted by Gasteiger charge is 2.16. The second-order valence-electron chi connectivity index (χ2n) is 4.23.